The lowest BCUT2D eigenvalue weighted by Gasteiger charge is -2.25. The first kappa shape index (κ1) is 11.0. The van der Waals surface area contributed by atoms with Crippen LogP contribution in [0.4, 0.5) is 0 Å². The van der Waals surface area contributed by atoms with Crippen LogP contribution in [0.15, 0.2) is 0 Å². The van der Waals surface area contributed by atoms with Gasteiger partial charge < -0.3 is 15.4 Å². The lowest BCUT2D eigenvalue weighted by molar-refractivity contribution is 0.00893. The van der Waals surface area contributed by atoms with Gasteiger partial charge in [-0.2, -0.15) is 0 Å². The van der Waals surface area contributed by atoms with Crippen LogP contribution in [0.25, 0.3) is 0 Å². The lowest BCUT2D eigenvalue weighted by Crippen LogP contribution is -2.32. The third-order valence-corrected chi connectivity index (χ3v) is 2.89. The second kappa shape index (κ2) is 4.40. The summed E-state index contributed by atoms with van der Waals surface area (Å²) in [7, 11) is 1.77. The number of nitrogens with two attached hydrogens (primary N) is 1. The Bertz CT molecular complexity index is 159. The first-order chi connectivity index (χ1) is 6.03. The van der Waals surface area contributed by atoms with Gasteiger partial charge in [-0.1, -0.05) is 0 Å². The van der Waals surface area contributed by atoms with Gasteiger partial charge in [-0.15, -0.1) is 0 Å². The number of nitrogens with zero attached hydrogens (tertiary/aromatic N) is 1. The molecule has 0 aliphatic carbocycles. The quantitative estimate of drug-likeness (QED) is 0.707. The zero-order valence-electron chi connectivity index (χ0n) is 9.05. The first-order valence-electron chi connectivity index (χ1n) is 5.06. The van der Waals surface area contributed by atoms with E-state index in [2.05, 4.69) is 18.7 Å². The summed E-state index contributed by atoms with van der Waals surface area (Å²) in [5.41, 5.74) is 5.83. The largest absolute Gasteiger partial charge is 0.379 e. The van der Waals surface area contributed by atoms with E-state index in [1.165, 1.54) is 0 Å². The molecule has 1 atom stereocenters. The number of hydrogen-bond donors (Lipinski definition) is 1. The SMILES string of the molecule is COC(C)(C)CCN1CCC(N)C1. The van der Waals surface area contributed by atoms with Gasteiger partial charge in [-0.3, -0.25) is 0 Å². The van der Waals surface area contributed by atoms with Crippen LogP contribution in [0, 0.1) is 0 Å². The van der Waals surface area contributed by atoms with Crippen LogP contribution < -0.4 is 5.73 Å². The Morgan fingerprint density at radius 1 is 1.54 bits per heavy atom. The highest BCUT2D eigenvalue weighted by atomic mass is 16.5. The van der Waals surface area contributed by atoms with Gasteiger partial charge in [0.1, 0.15) is 0 Å². The second-order valence-electron chi connectivity index (χ2n) is 4.56. The summed E-state index contributed by atoms with van der Waals surface area (Å²) in [6.07, 6.45) is 2.23. The normalized spacial score (nSPS) is 25.4. The molecule has 13 heavy (non-hydrogen) atoms. The van der Waals surface area contributed by atoms with E-state index in [4.69, 9.17) is 10.5 Å². The standard InChI is InChI=1S/C10H22N2O/c1-10(2,13-3)5-7-12-6-4-9(11)8-12/h9H,4-8,11H2,1-3H3. The predicted octanol–water partition coefficient (Wildman–Crippen LogP) is 0.835. The van der Waals surface area contributed by atoms with Crippen LogP contribution in [0.2, 0.25) is 0 Å². The fourth-order valence-corrected chi connectivity index (χ4v) is 1.60. The van der Waals surface area contributed by atoms with E-state index in [1.54, 1.807) is 7.11 Å². The van der Waals surface area contributed by atoms with E-state index < -0.39 is 0 Å². The summed E-state index contributed by atoms with van der Waals surface area (Å²) in [5.74, 6) is 0. The number of rotatable bonds is 4. The van der Waals surface area contributed by atoms with Crippen molar-refractivity contribution >= 4 is 0 Å². The van der Waals surface area contributed by atoms with Crippen LogP contribution in [-0.4, -0.2) is 43.3 Å². The number of likely N-dealkylation sites (tertiary alicyclic amines) is 1. The van der Waals surface area contributed by atoms with Crippen molar-refractivity contribution in [3.05, 3.63) is 0 Å². The van der Waals surface area contributed by atoms with E-state index in [1.807, 2.05) is 0 Å². The Morgan fingerprint density at radius 3 is 2.69 bits per heavy atom. The molecule has 2 N–H and O–H groups in total. The van der Waals surface area contributed by atoms with Gasteiger partial charge in [0, 0.05) is 26.2 Å². The maximum absolute atomic E-state index is 5.82. The third kappa shape index (κ3) is 3.63. The Morgan fingerprint density at radius 2 is 2.23 bits per heavy atom. The molecule has 1 saturated heterocycles. The average molecular weight is 186 g/mol. The van der Waals surface area contributed by atoms with Gasteiger partial charge >= 0.3 is 0 Å². The summed E-state index contributed by atoms with van der Waals surface area (Å²) in [6, 6.07) is 0.394. The lowest BCUT2D eigenvalue weighted by atomic mass is 10.1. The average Bonchev–Trinajstić information content (AvgIpc) is 2.48. The van der Waals surface area contributed by atoms with Crippen LogP contribution in [0.5, 0.6) is 0 Å². The summed E-state index contributed by atoms with van der Waals surface area (Å²) < 4.78 is 5.37. The number of ether oxygens (including phenoxy) is 1. The van der Waals surface area contributed by atoms with Crippen molar-refractivity contribution < 1.29 is 4.74 Å². The molecule has 0 radical (unpaired) electrons. The molecule has 1 aliphatic rings. The zero-order valence-corrected chi connectivity index (χ0v) is 9.05. The maximum Gasteiger partial charge on any atom is 0.0634 e. The van der Waals surface area contributed by atoms with Crippen molar-refractivity contribution in [2.75, 3.05) is 26.7 Å². The molecule has 0 amide bonds. The van der Waals surface area contributed by atoms with Gasteiger partial charge in [0.2, 0.25) is 0 Å². The highest BCUT2D eigenvalue weighted by Gasteiger charge is 2.22. The maximum atomic E-state index is 5.82. The third-order valence-electron chi connectivity index (χ3n) is 2.89. The molecule has 0 saturated carbocycles. The minimum Gasteiger partial charge on any atom is -0.379 e. The van der Waals surface area contributed by atoms with Crippen LogP contribution >= 0.6 is 0 Å². The molecule has 0 bridgehead atoms. The molecule has 1 aliphatic heterocycles. The summed E-state index contributed by atoms with van der Waals surface area (Å²) >= 11 is 0. The molecular formula is C10H22N2O. The summed E-state index contributed by atoms with van der Waals surface area (Å²) in [4.78, 5) is 2.42. The number of hydrogen-bond acceptors (Lipinski definition) is 3. The molecule has 1 rings (SSSR count). The fraction of sp³-hybridized carbons (Fsp3) is 1.00. The van der Waals surface area contributed by atoms with Crippen molar-refractivity contribution in [1.82, 2.24) is 4.90 Å². The van der Waals surface area contributed by atoms with Gasteiger partial charge in [0.25, 0.3) is 0 Å². The smallest absolute Gasteiger partial charge is 0.0634 e. The summed E-state index contributed by atoms with van der Waals surface area (Å²) in [5, 5.41) is 0. The minimum atomic E-state index is 0.00663. The van der Waals surface area contributed by atoms with Crippen molar-refractivity contribution in [3.8, 4) is 0 Å². The van der Waals surface area contributed by atoms with E-state index in [0.717, 1.165) is 32.5 Å². The monoisotopic (exact) mass is 186 g/mol. The molecule has 0 spiro atoms. The molecule has 0 aromatic heterocycles. The van der Waals surface area contributed by atoms with E-state index >= 15 is 0 Å². The Kier molecular flexibility index (Phi) is 3.71. The summed E-state index contributed by atoms with van der Waals surface area (Å²) in [6.45, 7) is 7.57. The van der Waals surface area contributed by atoms with Crippen molar-refractivity contribution in [3.63, 3.8) is 0 Å². The molecule has 1 unspecified atom stereocenters. The molecule has 1 fully saturated rings. The second-order valence-corrected chi connectivity index (χ2v) is 4.56. The molecule has 3 heteroatoms. The van der Waals surface area contributed by atoms with Crippen molar-refractivity contribution in [1.29, 1.82) is 0 Å². The van der Waals surface area contributed by atoms with Crippen LogP contribution in [0.3, 0.4) is 0 Å². The minimum absolute atomic E-state index is 0.00663. The predicted molar refractivity (Wildman–Crippen MR) is 54.7 cm³/mol. The fourth-order valence-electron chi connectivity index (χ4n) is 1.60. The molecule has 0 aromatic carbocycles. The van der Waals surface area contributed by atoms with Crippen molar-refractivity contribution in [2.45, 2.75) is 38.3 Å². The topological polar surface area (TPSA) is 38.5 Å². The molecule has 3 nitrogen and oxygen atoms in total. The Labute approximate surface area is 81.2 Å². The highest BCUT2D eigenvalue weighted by Crippen LogP contribution is 2.15. The van der Waals surface area contributed by atoms with Crippen LogP contribution in [0.1, 0.15) is 26.7 Å². The van der Waals surface area contributed by atoms with Crippen molar-refractivity contribution in [2.24, 2.45) is 5.73 Å². The zero-order chi connectivity index (χ0) is 9.90. The van der Waals surface area contributed by atoms with Gasteiger partial charge in [-0.25, -0.2) is 0 Å². The number of methoxy groups -OCH3 is 1. The Hall–Kier alpha value is -0.120. The van der Waals surface area contributed by atoms with E-state index in [9.17, 15) is 0 Å². The molecular weight excluding hydrogens is 164 g/mol. The molecule has 0 aromatic rings. The van der Waals surface area contributed by atoms with Gasteiger partial charge in [0.05, 0.1) is 5.60 Å². The van der Waals surface area contributed by atoms with Crippen LogP contribution in [-0.2, 0) is 4.74 Å². The highest BCUT2D eigenvalue weighted by molar-refractivity contribution is 4.79. The van der Waals surface area contributed by atoms with Gasteiger partial charge in [-0.05, 0) is 33.2 Å². The molecule has 78 valence electrons. The first-order valence-corrected chi connectivity index (χ1v) is 5.06. The Balaban J connectivity index is 2.19. The molecule has 1 heterocycles. The van der Waals surface area contributed by atoms with E-state index in [-0.39, 0.29) is 5.60 Å². The van der Waals surface area contributed by atoms with E-state index in [0.29, 0.717) is 6.04 Å². The van der Waals surface area contributed by atoms with Gasteiger partial charge in [0.15, 0.2) is 0 Å².